The summed E-state index contributed by atoms with van der Waals surface area (Å²) in [6.45, 7) is 6.21. The number of likely N-dealkylation sites (N-methyl/N-ethyl adjacent to an activating group) is 2. The van der Waals surface area contributed by atoms with Crippen LogP contribution in [0.15, 0.2) is 36.7 Å². The standard InChI is InChI=1S/C24H34N8O/c1-17-7-5-8-18-15-19(16-29-24(33)21-22(25)28-10-9-27-21)23(30-20(17)18)32(4)13-6-12-31(3)14-11-26-2/h5,7-10,15,26H,6,11-14,16H2,1-4H3,(H2,25,28)(H,29,33). The van der Waals surface area contributed by atoms with Crippen molar-refractivity contribution >= 4 is 28.4 Å². The molecule has 0 unspecified atom stereocenters. The van der Waals surface area contributed by atoms with Crippen LogP contribution >= 0.6 is 0 Å². The van der Waals surface area contributed by atoms with Gasteiger partial charge in [0.15, 0.2) is 11.5 Å². The maximum absolute atomic E-state index is 12.6. The van der Waals surface area contributed by atoms with Gasteiger partial charge in [0.05, 0.1) is 5.52 Å². The van der Waals surface area contributed by atoms with E-state index in [4.69, 9.17) is 10.7 Å². The molecule has 3 aromatic rings. The van der Waals surface area contributed by atoms with E-state index in [1.54, 1.807) is 0 Å². The minimum absolute atomic E-state index is 0.113. The minimum atomic E-state index is -0.357. The van der Waals surface area contributed by atoms with Crippen molar-refractivity contribution in [2.24, 2.45) is 0 Å². The van der Waals surface area contributed by atoms with Gasteiger partial charge in [-0.15, -0.1) is 0 Å². The molecule has 0 spiro atoms. The van der Waals surface area contributed by atoms with Gasteiger partial charge in [0, 0.05) is 56.6 Å². The minimum Gasteiger partial charge on any atom is -0.382 e. The van der Waals surface area contributed by atoms with E-state index in [0.717, 1.165) is 60.4 Å². The number of nitrogens with two attached hydrogens (primary N) is 1. The van der Waals surface area contributed by atoms with Crippen LogP contribution in [0.5, 0.6) is 0 Å². The Kier molecular flexibility index (Phi) is 8.51. The van der Waals surface area contributed by atoms with Gasteiger partial charge < -0.3 is 26.2 Å². The summed E-state index contributed by atoms with van der Waals surface area (Å²) in [5, 5.41) is 7.15. The first-order valence-corrected chi connectivity index (χ1v) is 11.2. The summed E-state index contributed by atoms with van der Waals surface area (Å²) in [7, 11) is 6.15. The Labute approximate surface area is 195 Å². The molecule has 2 heterocycles. The van der Waals surface area contributed by atoms with Crippen LogP contribution in [-0.4, -0.2) is 73.1 Å². The molecule has 0 aliphatic heterocycles. The third-order valence-electron chi connectivity index (χ3n) is 5.62. The van der Waals surface area contributed by atoms with Crippen LogP contribution in [0, 0.1) is 6.92 Å². The van der Waals surface area contributed by atoms with Gasteiger partial charge in [-0.05, 0) is 45.6 Å². The van der Waals surface area contributed by atoms with Crippen molar-refractivity contribution in [3.63, 3.8) is 0 Å². The van der Waals surface area contributed by atoms with Crippen LogP contribution in [-0.2, 0) is 6.54 Å². The number of anilines is 2. The van der Waals surface area contributed by atoms with Crippen molar-refractivity contribution in [1.82, 2.24) is 30.5 Å². The molecule has 2 aromatic heterocycles. The zero-order chi connectivity index (χ0) is 23.8. The Morgan fingerprint density at radius 1 is 1.12 bits per heavy atom. The summed E-state index contributed by atoms with van der Waals surface area (Å²) in [5.74, 6) is 0.619. The number of aryl methyl sites for hydroxylation is 1. The first kappa shape index (κ1) is 24.3. The van der Waals surface area contributed by atoms with Crippen LogP contribution in [0.4, 0.5) is 11.6 Å². The van der Waals surface area contributed by atoms with E-state index in [-0.39, 0.29) is 17.4 Å². The second kappa shape index (κ2) is 11.5. The van der Waals surface area contributed by atoms with Gasteiger partial charge in [0.25, 0.3) is 5.91 Å². The van der Waals surface area contributed by atoms with Gasteiger partial charge in [-0.2, -0.15) is 0 Å². The van der Waals surface area contributed by atoms with Crippen LogP contribution in [0.25, 0.3) is 10.9 Å². The first-order valence-electron chi connectivity index (χ1n) is 11.2. The van der Waals surface area contributed by atoms with Crippen LogP contribution in [0.1, 0.15) is 28.0 Å². The highest BCUT2D eigenvalue weighted by atomic mass is 16.1. The van der Waals surface area contributed by atoms with Gasteiger partial charge in [0.1, 0.15) is 5.82 Å². The Morgan fingerprint density at radius 2 is 1.91 bits per heavy atom. The zero-order valence-electron chi connectivity index (χ0n) is 19.9. The molecule has 0 saturated heterocycles. The number of fused-ring (bicyclic) bond motifs is 1. The average molecular weight is 451 g/mol. The molecule has 0 radical (unpaired) electrons. The molecule has 9 heteroatoms. The van der Waals surface area contributed by atoms with Crippen LogP contribution in [0.3, 0.4) is 0 Å². The number of pyridine rings is 1. The highest BCUT2D eigenvalue weighted by Gasteiger charge is 2.16. The van der Waals surface area contributed by atoms with E-state index < -0.39 is 0 Å². The Hall–Kier alpha value is -3.30. The fourth-order valence-electron chi connectivity index (χ4n) is 3.72. The summed E-state index contributed by atoms with van der Waals surface area (Å²) in [6.07, 6.45) is 3.93. The maximum Gasteiger partial charge on any atom is 0.273 e. The zero-order valence-corrected chi connectivity index (χ0v) is 19.9. The number of hydrogen-bond acceptors (Lipinski definition) is 8. The summed E-state index contributed by atoms with van der Waals surface area (Å²) in [6, 6.07) is 8.23. The van der Waals surface area contributed by atoms with E-state index in [0.29, 0.717) is 6.54 Å². The smallest absolute Gasteiger partial charge is 0.273 e. The molecular formula is C24H34N8O. The van der Waals surface area contributed by atoms with Crippen molar-refractivity contribution < 1.29 is 4.79 Å². The lowest BCUT2D eigenvalue weighted by atomic mass is 10.1. The molecule has 0 bridgehead atoms. The van der Waals surface area contributed by atoms with Gasteiger partial charge in [-0.25, -0.2) is 15.0 Å². The monoisotopic (exact) mass is 450 g/mol. The van der Waals surface area contributed by atoms with Crippen molar-refractivity contribution in [2.75, 3.05) is 58.0 Å². The summed E-state index contributed by atoms with van der Waals surface area (Å²) in [4.78, 5) is 30.1. The topological polar surface area (TPSA) is 112 Å². The van der Waals surface area contributed by atoms with E-state index in [9.17, 15) is 4.79 Å². The number of benzene rings is 1. The van der Waals surface area contributed by atoms with Crippen LogP contribution in [0.2, 0.25) is 0 Å². The SMILES string of the molecule is CNCCN(C)CCCN(C)c1nc2c(C)cccc2cc1CNC(=O)c1nccnc1N. The second-order valence-corrected chi connectivity index (χ2v) is 8.27. The number of para-hydroxylation sites is 1. The van der Waals surface area contributed by atoms with Crippen molar-refractivity contribution in [2.45, 2.75) is 19.9 Å². The summed E-state index contributed by atoms with van der Waals surface area (Å²) in [5.41, 5.74) is 8.97. The number of nitrogen functional groups attached to an aromatic ring is 1. The van der Waals surface area contributed by atoms with E-state index in [2.05, 4.69) is 56.5 Å². The van der Waals surface area contributed by atoms with Gasteiger partial charge >= 0.3 is 0 Å². The Bertz CT molecular complexity index is 1090. The molecular weight excluding hydrogens is 416 g/mol. The number of carbonyl (C=O) groups is 1. The second-order valence-electron chi connectivity index (χ2n) is 8.27. The van der Waals surface area contributed by atoms with Crippen molar-refractivity contribution in [3.05, 3.63) is 53.5 Å². The third-order valence-corrected chi connectivity index (χ3v) is 5.62. The highest BCUT2D eigenvalue weighted by Crippen LogP contribution is 2.25. The van der Waals surface area contributed by atoms with E-state index >= 15 is 0 Å². The molecule has 0 atom stereocenters. The number of nitrogens with zero attached hydrogens (tertiary/aromatic N) is 5. The predicted octanol–water partition coefficient (Wildman–Crippen LogP) is 1.82. The normalized spacial score (nSPS) is 11.2. The Morgan fingerprint density at radius 3 is 2.67 bits per heavy atom. The molecule has 3 rings (SSSR count). The first-order chi connectivity index (χ1) is 15.9. The van der Waals surface area contributed by atoms with Crippen molar-refractivity contribution in [3.8, 4) is 0 Å². The van der Waals surface area contributed by atoms with E-state index in [1.807, 2.05) is 26.2 Å². The number of carbonyl (C=O) groups excluding carboxylic acids is 1. The number of hydrogen-bond donors (Lipinski definition) is 3. The molecule has 33 heavy (non-hydrogen) atoms. The molecule has 1 amide bonds. The van der Waals surface area contributed by atoms with Crippen LogP contribution < -0.4 is 21.3 Å². The quantitative estimate of drug-likeness (QED) is 0.406. The largest absolute Gasteiger partial charge is 0.382 e. The lowest BCUT2D eigenvalue weighted by Crippen LogP contribution is -2.31. The molecule has 0 aliphatic carbocycles. The summed E-state index contributed by atoms with van der Waals surface area (Å²) < 4.78 is 0. The molecule has 9 nitrogen and oxygen atoms in total. The van der Waals surface area contributed by atoms with Gasteiger partial charge in [-0.3, -0.25) is 4.79 Å². The summed E-state index contributed by atoms with van der Waals surface area (Å²) >= 11 is 0. The fraction of sp³-hybridized carbons (Fsp3) is 0.417. The predicted molar refractivity (Wildman–Crippen MR) is 133 cm³/mol. The fourth-order valence-corrected chi connectivity index (χ4v) is 3.72. The van der Waals surface area contributed by atoms with E-state index in [1.165, 1.54) is 12.4 Å². The van der Waals surface area contributed by atoms with Crippen molar-refractivity contribution in [1.29, 1.82) is 0 Å². The van der Waals surface area contributed by atoms with Gasteiger partial charge in [0.2, 0.25) is 0 Å². The number of nitrogens with one attached hydrogen (secondary N) is 2. The lowest BCUT2D eigenvalue weighted by molar-refractivity contribution is 0.0946. The number of amides is 1. The highest BCUT2D eigenvalue weighted by molar-refractivity contribution is 5.96. The molecule has 0 saturated carbocycles. The molecule has 1 aromatic carbocycles. The molecule has 0 aliphatic rings. The molecule has 4 N–H and O–H groups in total. The lowest BCUT2D eigenvalue weighted by Gasteiger charge is -2.24. The number of rotatable bonds is 11. The van der Waals surface area contributed by atoms with Gasteiger partial charge in [-0.1, -0.05) is 18.2 Å². The maximum atomic E-state index is 12.6. The molecule has 0 fully saturated rings. The molecule has 176 valence electrons. The number of aromatic nitrogens is 3. The average Bonchev–Trinajstić information content (AvgIpc) is 2.81. The Balaban J connectivity index is 1.78. The third kappa shape index (κ3) is 6.36.